The molecule has 3 rings (SSSR count). The van der Waals surface area contributed by atoms with E-state index >= 15 is 0 Å². The van der Waals surface area contributed by atoms with Gasteiger partial charge in [-0.3, -0.25) is 9.89 Å². The fourth-order valence-corrected chi connectivity index (χ4v) is 3.01. The van der Waals surface area contributed by atoms with Gasteiger partial charge in [-0.25, -0.2) is 0 Å². The highest BCUT2D eigenvalue weighted by molar-refractivity contribution is 5.99. The molecule has 5 nitrogen and oxygen atoms in total. The molecule has 26 heavy (non-hydrogen) atoms. The van der Waals surface area contributed by atoms with E-state index in [4.69, 9.17) is 4.74 Å². The van der Waals surface area contributed by atoms with Crippen molar-refractivity contribution in [3.05, 3.63) is 65.9 Å². The van der Waals surface area contributed by atoms with E-state index in [2.05, 4.69) is 15.5 Å². The standard InChI is InChI=1S/C21H23N3O2/c1-4-18(15-8-6-5-7-9-15)21(25)22-19-14(2)23-24-20(19)16-10-12-17(26-3)13-11-16/h5-13,18H,4H2,1-3H3,(H,22,25)(H,23,24). The Kier molecular flexibility index (Phi) is 5.37. The second-order valence-electron chi connectivity index (χ2n) is 6.16. The Morgan fingerprint density at radius 2 is 1.85 bits per heavy atom. The molecule has 0 aliphatic heterocycles. The molecule has 0 radical (unpaired) electrons. The Labute approximate surface area is 153 Å². The third-order valence-electron chi connectivity index (χ3n) is 4.49. The Hall–Kier alpha value is -3.08. The smallest absolute Gasteiger partial charge is 0.232 e. The summed E-state index contributed by atoms with van der Waals surface area (Å²) in [7, 11) is 1.63. The summed E-state index contributed by atoms with van der Waals surface area (Å²) in [6.07, 6.45) is 0.727. The summed E-state index contributed by atoms with van der Waals surface area (Å²) in [5.74, 6) is 0.550. The minimum atomic E-state index is -0.200. The molecule has 3 aromatic rings. The van der Waals surface area contributed by atoms with Crippen LogP contribution in [0.5, 0.6) is 5.75 Å². The van der Waals surface area contributed by atoms with Crippen molar-refractivity contribution in [1.82, 2.24) is 10.2 Å². The van der Waals surface area contributed by atoms with E-state index in [9.17, 15) is 4.79 Å². The molecule has 0 aliphatic carbocycles. The topological polar surface area (TPSA) is 67.0 Å². The van der Waals surface area contributed by atoms with Crippen LogP contribution in [0.25, 0.3) is 11.3 Å². The molecule has 1 unspecified atom stereocenters. The number of hydrogen-bond donors (Lipinski definition) is 2. The molecule has 0 bridgehead atoms. The number of aryl methyl sites for hydroxylation is 1. The average molecular weight is 349 g/mol. The Morgan fingerprint density at radius 3 is 2.46 bits per heavy atom. The van der Waals surface area contributed by atoms with Gasteiger partial charge in [0.1, 0.15) is 11.4 Å². The van der Waals surface area contributed by atoms with Crippen LogP contribution in [0.15, 0.2) is 54.6 Å². The highest BCUT2D eigenvalue weighted by Crippen LogP contribution is 2.31. The van der Waals surface area contributed by atoms with Crippen LogP contribution < -0.4 is 10.1 Å². The number of hydrogen-bond acceptors (Lipinski definition) is 3. The normalized spacial score (nSPS) is 11.8. The molecule has 0 spiro atoms. The van der Waals surface area contributed by atoms with Gasteiger partial charge in [-0.2, -0.15) is 5.10 Å². The van der Waals surface area contributed by atoms with Crippen molar-refractivity contribution < 1.29 is 9.53 Å². The van der Waals surface area contributed by atoms with Crippen molar-refractivity contribution in [3.8, 4) is 17.0 Å². The highest BCUT2D eigenvalue weighted by atomic mass is 16.5. The minimum absolute atomic E-state index is 0.0297. The number of amides is 1. The lowest BCUT2D eigenvalue weighted by atomic mass is 9.95. The highest BCUT2D eigenvalue weighted by Gasteiger charge is 2.22. The summed E-state index contributed by atoms with van der Waals surface area (Å²) in [5, 5.41) is 10.4. The van der Waals surface area contributed by atoms with Crippen molar-refractivity contribution in [2.24, 2.45) is 0 Å². The van der Waals surface area contributed by atoms with Crippen molar-refractivity contribution in [2.75, 3.05) is 12.4 Å². The maximum Gasteiger partial charge on any atom is 0.232 e. The molecular weight excluding hydrogens is 326 g/mol. The fraction of sp³-hybridized carbons (Fsp3) is 0.238. The lowest BCUT2D eigenvalue weighted by Gasteiger charge is -2.16. The van der Waals surface area contributed by atoms with Gasteiger partial charge in [-0.05, 0) is 43.2 Å². The number of carbonyl (C=O) groups excluding carboxylic acids is 1. The summed E-state index contributed by atoms with van der Waals surface area (Å²) in [4.78, 5) is 12.9. The zero-order valence-electron chi connectivity index (χ0n) is 15.2. The van der Waals surface area contributed by atoms with Gasteiger partial charge in [0.05, 0.1) is 24.4 Å². The van der Waals surface area contributed by atoms with Gasteiger partial charge in [-0.15, -0.1) is 0 Å². The molecule has 1 atom stereocenters. The summed E-state index contributed by atoms with van der Waals surface area (Å²) in [6, 6.07) is 17.5. The molecular formula is C21H23N3O2. The quantitative estimate of drug-likeness (QED) is 0.687. The maximum absolute atomic E-state index is 12.9. The average Bonchev–Trinajstić information content (AvgIpc) is 3.04. The van der Waals surface area contributed by atoms with Crippen LogP contribution in [-0.4, -0.2) is 23.2 Å². The number of benzene rings is 2. The Balaban J connectivity index is 1.87. The number of ether oxygens (including phenoxy) is 1. The molecule has 2 N–H and O–H groups in total. The molecule has 5 heteroatoms. The van der Waals surface area contributed by atoms with Crippen molar-refractivity contribution in [1.29, 1.82) is 0 Å². The molecule has 1 heterocycles. The zero-order chi connectivity index (χ0) is 18.5. The molecule has 1 aromatic heterocycles. The predicted molar refractivity (Wildman–Crippen MR) is 103 cm³/mol. The van der Waals surface area contributed by atoms with E-state index < -0.39 is 0 Å². The number of anilines is 1. The summed E-state index contributed by atoms with van der Waals surface area (Å²) < 4.78 is 5.20. The van der Waals surface area contributed by atoms with Crippen molar-refractivity contribution in [3.63, 3.8) is 0 Å². The molecule has 0 fully saturated rings. The van der Waals surface area contributed by atoms with E-state index in [0.29, 0.717) is 0 Å². The van der Waals surface area contributed by atoms with Crippen LogP contribution in [0.3, 0.4) is 0 Å². The van der Waals surface area contributed by atoms with Crippen LogP contribution in [0.4, 0.5) is 5.69 Å². The minimum Gasteiger partial charge on any atom is -0.497 e. The van der Waals surface area contributed by atoms with E-state index in [1.807, 2.05) is 68.4 Å². The predicted octanol–water partition coefficient (Wildman–Crippen LogP) is 4.53. The first-order valence-electron chi connectivity index (χ1n) is 8.69. The third kappa shape index (κ3) is 3.61. The van der Waals surface area contributed by atoms with Crippen LogP contribution in [0.1, 0.15) is 30.5 Å². The maximum atomic E-state index is 12.9. The van der Waals surface area contributed by atoms with Crippen LogP contribution in [0.2, 0.25) is 0 Å². The molecule has 134 valence electrons. The first-order valence-corrected chi connectivity index (χ1v) is 8.69. The van der Waals surface area contributed by atoms with Crippen molar-refractivity contribution >= 4 is 11.6 Å². The molecule has 0 saturated carbocycles. The van der Waals surface area contributed by atoms with Crippen LogP contribution in [-0.2, 0) is 4.79 Å². The van der Waals surface area contributed by atoms with E-state index in [-0.39, 0.29) is 11.8 Å². The fourth-order valence-electron chi connectivity index (χ4n) is 3.01. The number of aromatic nitrogens is 2. The Bertz CT molecular complexity index is 870. The second-order valence-corrected chi connectivity index (χ2v) is 6.16. The number of nitrogens with one attached hydrogen (secondary N) is 2. The molecule has 1 amide bonds. The number of H-pyrrole nitrogens is 1. The third-order valence-corrected chi connectivity index (χ3v) is 4.49. The number of carbonyl (C=O) groups is 1. The number of methoxy groups -OCH3 is 1. The van der Waals surface area contributed by atoms with Crippen LogP contribution in [0, 0.1) is 6.92 Å². The summed E-state index contributed by atoms with van der Waals surface area (Å²) >= 11 is 0. The van der Waals surface area contributed by atoms with Gasteiger partial charge in [0, 0.05) is 5.56 Å². The van der Waals surface area contributed by atoms with E-state index in [1.54, 1.807) is 7.11 Å². The first kappa shape index (κ1) is 17.7. The summed E-state index contributed by atoms with van der Waals surface area (Å²) in [5.41, 5.74) is 4.20. The van der Waals surface area contributed by atoms with Gasteiger partial charge < -0.3 is 10.1 Å². The van der Waals surface area contributed by atoms with Gasteiger partial charge in [-0.1, -0.05) is 37.3 Å². The molecule has 2 aromatic carbocycles. The van der Waals surface area contributed by atoms with Crippen LogP contribution >= 0.6 is 0 Å². The number of nitrogens with zero attached hydrogens (tertiary/aromatic N) is 1. The number of rotatable bonds is 6. The second kappa shape index (κ2) is 7.87. The van der Waals surface area contributed by atoms with E-state index in [0.717, 1.165) is 40.4 Å². The zero-order valence-corrected chi connectivity index (χ0v) is 15.2. The lowest BCUT2D eigenvalue weighted by molar-refractivity contribution is -0.117. The van der Waals surface area contributed by atoms with Gasteiger partial charge in [0.15, 0.2) is 0 Å². The SMILES string of the molecule is CCC(C(=O)Nc1c(-c2ccc(OC)cc2)n[nH]c1C)c1ccccc1. The molecule has 0 aliphatic rings. The number of aromatic amines is 1. The first-order chi connectivity index (χ1) is 12.6. The Morgan fingerprint density at radius 1 is 1.15 bits per heavy atom. The lowest BCUT2D eigenvalue weighted by Crippen LogP contribution is -2.21. The van der Waals surface area contributed by atoms with E-state index in [1.165, 1.54) is 0 Å². The summed E-state index contributed by atoms with van der Waals surface area (Å²) in [6.45, 7) is 3.92. The molecule has 0 saturated heterocycles. The van der Waals surface area contributed by atoms with Gasteiger partial charge >= 0.3 is 0 Å². The van der Waals surface area contributed by atoms with Crippen molar-refractivity contribution in [2.45, 2.75) is 26.2 Å². The van der Waals surface area contributed by atoms with Gasteiger partial charge in [0.25, 0.3) is 0 Å². The largest absolute Gasteiger partial charge is 0.497 e. The van der Waals surface area contributed by atoms with Gasteiger partial charge in [0.2, 0.25) is 5.91 Å². The monoisotopic (exact) mass is 349 g/mol.